The summed E-state index contributed by atoms with van der Waals surface area (Å²) in [6.07, 6.45) is 0. The van der Waals surface area contributed by atoms with Crippen LogP contribution in [0.4, 0.5) is 0 Å². The minimum absolute atomic E-state index is 0.325. The first-order valence-electron chi connectivity index (χ1n) is 12.2. The fourth-order valence-corrected chi connectivity index (χ4v) is 7.45. The molecule has 4 aromatic carbocycles. The second kappa shape index (κ2) is 12.0. The average molecular weight is 532 g/mol. The van der Waals surface area contributed by atoms with Gasteiger partial charge in [0.05, 0.1) is 36.0 Å². The highest BCUT2D eigenvalue weighted by Crippen LogP contribution is 2.41. The first-order valence-corrected chi connectivity index (χ1v) is 14.7. The molecule has 0 aliphatic heterocycles. The van der Waals surface area contributed by atoms with Crippen LogP contribution in [0.15, 0.2) is 103 Å². The van der Waals surface area contributed by atoms with E-state index in [4.69, 9.17) is 9.47 Å². The first-order chi connectivity index (χ1) is 17.8. The van der Waals surface area contributed by atoms with Crippen LogP contribution in [0, 0.1) is 0 Å². The molecule has 4 rings (SSSR count). The molecular formula is C31H34NO3PS. The molecule has 0 heterocycles. The van der Waals surface area contributed by atoms with E-state index in [-0.39, 0.29) is 6.04 Å². The monoisotopic (exact) mass is 531 g/mol. The molecule has 0 spiro atoms. The van der Waals surface area contributed by atoms with E-state index in [9.17, 15) is 4.21 Å². The Morgan fingerprint density at radius 2 is 1.19 bits per heavy atom. The zero-order valence-electron chi connectivity index (χ0n) is 22.0. The Labute approximate surface area is 224 Å². The van der Waals surface area contributed by atoms with Gasteiger partial charge in [0, 0.05) is 0 Å². The molecule has 192 valence electrons. The molecule has 0 radical (unpaired) electrons. The quantitative estimate of drug-likeness (QED) is 0.286. The van der Waals surface area contributed by atoms with Crippen LogP contribution < -0.4 is 30.1 Å². The molecule has 4 nitrogen and oxygen atoms in total. The summed E-state index contributed by atoms with van der Waals surface area (Å²) in [6, 6.07) is 35.1. The van der Waals surface area contributed by atoms with E-state index < -0.39 is 23.7 Å². The van der Waals surface area contributed by atoms with Crippen molar-refractivity contribution in [2.24, 2.45) is 0 Å². The first kappa shape index (κ1) is 27.1. The van der Waals surface area contributed by atoms with Gasteiger partial charge in [-0.2, -0.15) is 0 Å². The van der Waals surface area contributed by atoms with Gasteiger partial charge in [0.15, 0.2) is 11.5 Å². The molecule has 0 amide bonds. The Bertz CT molecular complexity index is 1290. The van der Waals surface area contributed by atoms with Crippen LogP contribution >= 0.6 is 7.92 Å². The molecular weight excluding hydrogens is 497 g/mol. The topological polar surface area (TPSA) is 47.6 Å². The number of methoxy groups -OCH3 is 2. The van der Waals surface area contributed by atoms with Gasteiger partial charge in [-0.3, -0.25) is 0 Å². The van der Waals surface area contributed by atoms with E-state index in [1.54, 1.807) is 14.2 Å². The number of hydrogen-bond donors (Lipinski definition) is 1. The number of rotatable bonds is 9. The second-order valence-electron chi connectivity index (χ2n) is 9.62. The number of benzene rings is 4. The minimum atomic E-state index is -1.31. The molecule has 4 aromatic rings. The lowest BCUT2D eigenvalue weighted by Crippen LogP contribution is -2.38. The van der Waals surface area contributed by atoms with E-state index in [2.05, 4.69) is 71.5 Å². The highest BCUT2D eigenvalue weighted by molar-refractivity contribution is 7.84. The highest BCUT2D eigenvalue weighted by atomic mass is 32.2. The van der Waals surface area contributed by atoms with Gasteiger partial charge in [0.2, 0.25) is 0 Å². The molecule has 0 saturated heterocycles. The van der Waals surface area contributed by atoms with Crippen molar-refractivity contribution in [3.63, 3.8) is 0 Å². The minimum Gasteiger partial charge on any atom is -0.493 e. The van der Waals surface area contributed by atoms with Crippen LogP contribution in [-0.4, -0.2) is 23.2 Å². The van der Waals surface area contributed by atoms with Crippen molar-refractivity contribution >= 4 is 34.8 Å². The van der Waals surface area contributed by atoms with E-state index >= 15 is 0 Å². The third-order valence-corrected chi connectivity index (χ3v) is 10.1. The third-order valence-electron chi connectivity index (χ3n) is 6.03. The van der Waals surface area contributed by atoms with E-state index in [0.29, 0.717) is 11.5 Å². The van der Waals surface area contributed by atoms with Crippen molar-refractivity contribution in [3.05, 3.63) is 114 Å². The van der Waals surface area contributed by atoms with Crippen LogP contribution in [0.2, 0.25) is 0 Å². The summed E-state index contributed by atoms with van der Waals surface area (Å²) < 4.78 is 28.0. The molecule has 1 N–H and O–H groups in total. The standard InChI is InChI=1S/C31H34NO3PS/c1-31(2,3)37(33)32-30(23-15-9-6-10-16-23)26-21-27(34-4)28(35-5)22-29(26)36(24-17-11-7-12-18-24)25-19-13-8-14-20-25/h6-22,30,32H,1-5H3. The van der Waals surface area contributed by atoms with Crippen molar-refractivity contribution in [1.29, 1.82) is 0 Å². The maximum Gasteiger partial charge on any atom is 0.161 e. The molecule has 0 saturated carbocycles. The van der Waals surface area contributed by atoms with Gasteiger partial charge in [-0.1, -0.05) is 91.0 Å². The lowest BCUT2D eigenvalue weighted by atomic mass is 9.99. The zero-order chi connectivity index (χ0) is 26.4. The predicted octanol–water partition coefficient (Wildman–Crippen LogP) is 5.60. The number of hydrogen-bond acceptors (Lipinski definition) is 3. The highest BCUT2D eigenvalue weighted by Gasteiger charge is 2.30. The smallest absolute Gasteiger partial charge is 0.161 e. The Morgan fingerprint density at radius 1 is 0.730 bits per heavy atom. The van der Waals surface area contributed by atoms with Gasteiger partial charge in [0.25, 0.3) is 0 Å². The summed E-state index contributed by atoms with van der Waals surface area (Å²) in [6.45, 7) is 5.94. The van der Waals surface area contributed by atoms with Crippen LogP contribution in [-0.2, 0) is 11.0 Å². The van der Waals surface area contributed by atoms with E-state index in [1.165, 1.54) is 10.6 Å². The summed E-state index contributed by atoms with van der Waals surface area (Å²) in [5.74, 6) is 1.31. The summed E-state index contributed by atoms with van der Waals surface area (Å²) in [5.41, 5.74) is 2.05. The van der Waals surface area contributed by atoms with Crippen LogP contribution in [0.25, 0.3) is 0 Å². The lowest BCUT2D eigenvalue weighted by Gasteiger charge is -2.30. The van der Waals surface area contributed by atoms with Crippen molar-refractivity contribution in [1.82, 2.24) is 4.72 Å². The SMILES string of the molecule is COc1cc(C(NS(=O)C(C)(C)C)c2ccccc2)c(P(c2ccccc2)c2ccccc2)cc1OC. The molecule has 0 fully saturated rings. The summed E-state index contributed by atoms with van der Waals surface area (Å²) >= 11 is 0. The van der Waals surface area contributed by atoms with E-state index in [1.807, 2.05) is 57.2 Å². The van der Waals surface area contributed by atoms with Gasteiger partial charge >= 0.3 is 0 Å². The molecule has 0 aromatic heterocycles. The Balaban J connectivity index is 2.02. The second-order valence-corrected chi connectivity index (χ2v) is 13.8. The molecule has 37 heavy (non-hydrogen) atoms. The van der Waals surface area contributed by atoms with E-state index in [0.717, 1.165) is 16.4 Å². The largest absolute Gasteiger partial charge is 0.493 e. The molecule has 0 aliphatic carbocycles. The molecule has 0 bridgehead atoms. The van der Waals surface area contributed by atoms with Crippen LogP contribution in [0.3, 0.4) is 0 Å². The van der Waals surface area contributed by atoms with Crippen LogP contribution in [0.1, 0.15) is 37.9 Å². The number of nitrogens with one attached hydrogen (secondary N) is 1. The maximum absolute atomic E-state index is 13.5. The van der Waals surface area contributed by atoms with Crippen molar-refractivity contribution in [3.8, 4) is 11.5 Å². The van der Waals surface area contributed by atoms with Gasteiger partial charge in [-0.25, -0.2) is 8.93 Å². The van der Waals surface area contributed by atoms with Crippen molar-refractivity contribution in [2.45, 2.75) is 31.6 Å². The Morgan fingerprint density at radius 3 is 1.65 bits per heavy atom. The fourth-order valence-electron chi connectivity index (χ4n) is 4.13. The Hall–Kier alpha value is -2.98. The summed E-state index contributed by atoms with van der Waals surface area (Å²) in [7, 11) is 1.05. The van der Waals surface area contributed by atoms with Crippen LogP contribution in [0.5, 0.6) is 11.5 Å². The predicted molar refractivity (Wildman–Crippen MR) is 158 cm³/mol. The molecule has 0 aliphatic rings. The summed E-state index contributed by atoms with van der Waals surface area (Å²) in [5, 5.41) is 3.57. The van der Waals surface area contributed by atoms with Crippen molar-refractivity contribution < 1.29 is 13.7 Å². The average Bonchev–Trinajstić information content (AvgIpc) is 2.92. The Kier molecular flexibility index (Phi) is 8.81. The van der Waals surface area contributed by atoms with Gasteiger partial charge < -0.3 is 9.47 Å². The third kappa shape index (κ3) is 6.30. The fraction of sp³-hybridized carbons (Fsp3) is 0.226. The van der Waals surface area contributed by atoms with Crippen molar-refractivity contribution in [2.75, 3.05) is 14.2 Å². The van der Waals surface area contributed by atoms with Gasteiger partial charge in [0.1, 0.15) is 0 Å². The van der Waals surface area contributed by atoms with Gasteiger partial charge in [-0.05, 0) is 67.9 Å². The maximum atomic E-state index is 13.5. The molecule has 6 heteroatoms. The zero-order valence-corrected chi connectivity index (χ0v) is 23.7. The normalized spacial score (nSPS) is 13.2. The molecule has 2 unspecified atom stereocenters. The lowest BCUT2D eigenvalue weighted by molar-refractivity contribution is 0.354. The number of ether oxygens (including phenoxy) is 2. The summed E-state index contributed by atoms with van der Waals surface area (Å²) in [4.78, 5) is 0. The van der Waals surface area contributed by atoms with Gasteiger partial charge in [-0.15, -0.1) is 0 Å². The molecule has 2 atom stereocenters.